The molecule has 0 atom stereocenters. The van der Waals surface area contributed by atoms with Gasteiger partial charge in [-0.15, -0.1) is 0 Å². The quantitative estimate of drug-likeness (QED) is 0.190. The van der Waals surface area contributed by atoms with Crippen LogP contribution in [0.4, 0.5) is 0 Å². The Hall–Kier alpha value is -3.70. The lowest BCUT2D eigenvalue weighted by Gasteiger charge is -2.20. The van der Waals surface area contributed by atoms with Gasteiger partial charge in [-0.05, 0) is 64.3 Å². The number of carboxylic acids is 1. The van der Waals surface area contributed by atoms with Crippen LogP contribution >= 0.6 is 0 Å². The van der Waals surface area contributed by atoms with E-state index in [2.05, 4.69) is 85.9 Å². The highest BCUT2D eigenvalue weighted by molar-refractivity contribution is 5.93. The normalized spacial score (nSPS) is 13.6. The van der Waals surface area contributed by atoms with E-state index in [1.807, 2.05) is 32.2 Å². The highest BCUT2D eigenvalue weighted by atomic mass is 16.4. The largest absolute Gasteiger partial charge is 0.478 e. The zero-order valence-electron chi connectivity index (χ0n) is 24.5. The van der Waals surface area contributed by atoms with E-state index >= 15 is 0 Å². The fourth-order valence-corrected chi connectivity index (χ4v) is 4.36. The van der Waals surface area contributed by atoms with Crippen LogP contribution in [-0.4, -0.2) is 39.1 Å². The van der Waals surface area contributed by atoms with Gasteiger partial charge in [-0.1, -0.05) is 92.3 Å². The Morgan fingerprint density at radius 3 is 2.36 bits per heavy atom. The van der Waals surface area contributed by atoms with Crippen LogP contribution in [0.5, 0.6) is 0 Å². The molecule has 0 amide bonds. The number of likely N-dealkylation sites (N-methyl/N-ethyl adjacent to an activating group) is 1. The maximum Gasteiger partial charge on any atom is 0.335 e. The van der Waals surface area contributed by atoms with E-state index in [1.54, 1.807) is 18.2 Å². The van der Waals surface area contributed by atoms with Gasteiger partial charge >= 0.3 is 5.97 Å². The predicted octanol–water partition coefficient (Wildman–Crippen LogP) is 7.72. The first-order valence-corrected chi connectivity index (χ1v) is 13.9. The van der Waals surface area contributed by atoms with Crippen LogP contribution in [0.15, 0.2) is 96.3 Å². The number of hydrogen-bond donors (Lipinski definition) is 1. The number of carboxylic acid groups (broad SMARTS) is 1. The van der Waals surface area contributed by atoms with Crippen LogP contribution < -0.4 is 0 Å². The number of nitrogens with zero attached hydrogens (tertiary/aromatic N) is 3. The molecule has 1 N–H and O–H groups in total. The minimum absolute atomic E-state index is 0.242. The number of rotatable bonds is 15. The maximum absolute atomic E-state index is 11.9. The Morgan fingerprint density at radius 1 is 1.03 bits per heavy atom. The van der Waals surface area contributed by atoms with Crippen LogP contribution in [0, 0.1) is 6.92 Å². The molecule has 0 aliphatic carbocycles. The third-order valence-corrected chi connectivity index (χ3v) is 6.23. The summed E-state index contributed by atoms with van der Waals surface area (Å²) in [5, 5.41) is 9.75. The number of aromatic nitrogens is 2. The van der Waals surface area contributed by atoms with Gasteiger partial charge < -0.3 is 9.67 Å². The molecule has 208 valence electrons. The summed E-state index contributed by atoms with van der Waals surface area (Å²) in [6.07, 6.45) is 22.3. The number of benzene rings is 1. The van der Waals surface area contributed by atoms with Gasteiger partial charge in [0.1, 0.15) is 5.82 Å². The molecule has 39 heavy (non-hydrogen) atoms. The van der Waals surface area contributed by atoms with Crippen molar-refractivity contribution in [2.45, 2.75) is 67.0 Å². The lowest BCUT2D eigenvalue weighted by Crippen LogP contribution is -2.23. The number of allylic oxidation sites excluding steroid dienone is 8. The highest BCUT2D eigenvalue weighted by Gasteiger charge is 2.16. The molecule has 0 spiro atoms. The Morgan fingerprint density at radius 2 is 1.74 bits per heavy atom. The maximum atomic E-state index is 11.9. The van der Waals surface area contributed by atoms with Gasteiger partial charge in [-0.25, -0.2) is 9.78 Å². The summed E-state index contributed by atoms with van der Waals surface area (Å²) < 4.78 is 2.25. The van der Waals surface area contributed by atoms with E-state index < -0.39 is 5.97 Å². The molecule has 1 aromatic carbocycles. The minimum Gasteiger partial charge on any atom is -0.478 e. The number of carbonyl (C=O) groups is 1. The molecule has 0 aliphatic heterocycles. The third kappa shape index (κ3) is 10.5. The molecule has 1 aromatic heterocycles. The summed E-state index contributed by atoms with van der Waals surface area (Å²) in [6.45, 7) is 12.5. The van der Waals surface area contributed by atoms with Crippen molar-refractivity contribution in [2.24, 2.45) is 0 Å². The zero-order chi connectivity index (χ0) is 28.6. The number of aryl methyl sites for hydroxylation is 2. The van der Waals surface area contributed by atoms with E-state index in [0.717, 1.165) is 56.0 Å². The first-order valence-electron chi connectivity index (χ1n) is 13.9. The molecule has 2 aromatic rings. The van der Waals surface area contributed by atoms with Crippen molar-refractivity contribution in [1.82, 2.24) is 14.5 Å². The van der Waals surface area contributed by atoms with Crippen LogP contribution in [0.1, 0.15) is 63.2 Å². The van der Waals surface area contributed by atoms with E-state index in [0.29, 0.717) is 0 Å². The first-order chi connectivity index (χ1) is 18.8. The molecule has 0 aliphatic rings. The average molecular weight is 528 g/mol. The summed E-state index contributed by atoms with van der Waals surface area (Å²) in [5.74, 6) is -0.151. The molecule has 1 heterocycles. The van der Waals surface area contributed by atoms with Crippen molar-refractivity contribution < 1.29 is 9.90 Å². The second-order valence-corrected chi connectivity index (χ2v) is 9.68. The molecular formula is C34H45N3O2. The number of aliphatic carboxylic acids is 1. The Balaban J connectivity index is 2.46. The second kappa shape index (κ2) is 17.0. The van der Waals surface area contributed by atoms with Crippen molar-refractivity contribution in [2.75, 3.05) is 13.6 Å². The van der Waals surface area contributed by atoms with Gasteiger partial charge in [-0.2, -0.15) is 0 Å². The van der Waals surface area contributed by atoms with Gasteiger partial charge in [0.2, 0.25) is 0 Å². The summed E-state index contributed by atoms with van der Waals surface area (Å²) in [5.41, 5.74) is 5.95. The number of imidazole rings is 1. The van der Waals surface area contributed by atoms with Gasteiger partial charge in [0.25, 0.3) is 0 Å². The summed E-state index contributed by atoms with van der Waals surface area (Å²) in [4.78, 5) is 19.0. The smallest absolute Gasteiger partial charge is 0.335 e. The first kappa shape index (κ1) is 31.5. The Bertz CT molecular complexity index is 1240. The molecule has 5 heteroatoms. The van der Waals surface area contributed by atoms with E-state index in [9.17, 15) is 9.90 Å². The third-order valence-electron chi connectivity index (χ3n) is 6.23. The lowest BCUT2D eigenvalue weighted by atomic mass is 10.1. The molecule has 0 unspecified atom stereocenters. The second-order valence-electron chi connectivity index (χ2n) is 9.68. The molecule has 0 fully saturated rings. The fraction of sp³-hybridized carbons (Fsp3) is 0.353. The molecule has 0 bridgehead atoms. The van der Waals surface area contributed by atoms with Crippen molar-refractivity contribution in [3.63, 3.8) is 0 Å². The SMILES string of the molecule is C\C=C/C=C\C(=C\CC)CN(C)Cc1cnc(C(=C\CC)/C=C(\C=C/C)C(=O)O)n1CCc1ccc(C)cc1. The van der Waals surface area contributed by atoms with E-state index in [4.69, 9.17) is 4.98 Å². The van der Waals surface area contributed by atoms with Gasteiger partial charge in [0, 0.05) is 25.2 Å². The molecule has 0 saturated carbocycles. The van der Waals surface area contributed by atoms with Crippen LogP contribution in [0.3, 0.4) is 0 Å². The summed E-state index contributed by atoms with van der Waals surface area (Å²) in [7, 11) is 2.13. The van der Waals surface area contributed by atoms with Gasteiger partial charge in [-0.3, -0.25) is 4.90 Å². The Labute approximate surface area is 235 Å². The molecule has 0 radical (unpaired) electrons. The average Bonchev–Trinajstić information content (AvgIpc) is 3.29. The van der Waals surface area contributed by atoms with Gasteiger partial charge in [0.15, 0.2) is 0 Å². The van der Waals surface area contributed by atoms with Crippen molar-refractivity contribution in [3.05, 3.63) is 119 Å². The predicted molar refractivity (Wildman–Crippen MR) is 165 cm³/mol. The summed E-state index contributed by atoms with van der Waals surface area (Å²) >= 11 is 0. The van der Waals surface area contributed by atoms with E-state index in [1.165, 1.54) is 16.7 Å². The van der Waals surface area contributed by atoms with E-state index in [-0.39, 0.29) is 5.57 Å². The topological polar surface area (TPSA) is 58.4 Å². The van der Waals surface area contributed by atoms with Crippen LogP contribution in [0.2, 0.25) is 0 Å². The zero-order valence-corrected chi connectivity index (χ0v) is 24.5. The van der Waals surface area contributed by atoms with Gasteiger partial charge in [0.05, 0.1) is 17.5 Å². The van der Waals surface area contributed by atoms with Crippen LogP contribution in [0.25, 0.3) is 5.57 Å². The molecule has 5 nitrogen and oxygen atoms in total. The minimum atomic E-state index is -0.950. The monoisotopic (exact) mass is 527 g/mol. The molecule has 2 rings (SSSR count). The fourth-order valence-electron chi connectivity index (χ4n) is 4.36. The van der Waals surface area contributed by atoms with Crippen molar-refractivity contribution in [1.29, 1.82) is 0 Å². The highest BCUT2D eigenvalue weighted by Crippen LogP contribution is 2.22. The standard InChI is InChI=1S/C34H45N3O2/c1-7-11-12-16-29(13-8-2)25-36(6)26-32-24-35-33(30(14-9-3)23-31(15-10-4)34(38)39)37(32)22-21-28-19-17-27(5)18-20-28/h7,10-20,23-24H,8-9,21-22,25-26H2,1-6H3,(H,38,39)/b11-7-,15-10-,16-12-,29-13-,30-14-,31-23+. The molecule has 0 saturated heterocycles. The van der Waals surface area contributed by atoms with Crippen molar-refractivity contribution in [3.8, 4) is 0 Å². The summed E-state index contributed by atoms with van der Waals surface area (Å²) in [6, 6.07) is 8.63. The van der Waals surface area contributed by atoms with Crippen LogP contribution in [-0.2, 0) is 24.3 Å². The Kier molecular flexibility index (Phi) is 13.7. The van der Waals surface area contributed by atoms with Crippen molar-refractivity contribution >= 4 is 11.5 Å². The molecular weight excluding hydrogens is 482 g/mol. The lowest BCUT2D eigenvalue weighted by molar-refractivity contribution is -0.132. The number of hydrogen-bond acceptors (Lipinski definition) is 3.